The molecule has 2 saturated heterocycles. The van der Waals surface area contributed by atoms with Gasteiger partial charge < -0.3 is 9.80 Å². The first kappa shape index (κ1) is 20.2. The molecule has 0 N–H and O–H groups in total. The second kappa shape index (κ2) is 8.43. The average molecular weight is 438 g/mol. The summed E-state index contributed by atoms with van der Waals surface area (Å²) in [6.45, 7) is 4.10. The summed E-state index contributed by atoms with van der Waals surface area (Å²) in [5.74, 6) is 1.65. The van der Waals surface area contributed by atoms with Crippen molar-refractivity contribution >= 4 is 32.6 Å². The van der Waals surface area contributed by atoms with Gasteiger partial charge in [-0.25, -0.2) is 13.4 Å². The largest absolute Gasteiger partial charge is 0.354 e. The molecule has 0 bridgehead atoms. The van der Waals surface area contributed by atoms with Gasteiger partial charge in [-0.3, -0.25) is 0 Å². The Kier molecular flexibility index (Phi) is 5.50. The summed E-state index contributed by atoms with van der Waals surface area (Å²) in [6, 6.07) is 15.0. The minimum atomic E-state index is -3.55. The van der Waals surface area contributed by atoms with Gasteiger partial charge in [-0.05, 0) is 36.8 Å². The fraction of sp³-hybridized carbons (Fsp3) is 0.391. The van der Waals surface area contributed by atoms with Crippen molar-refractivity contribution in [3.63, 3.8) is 0 Å². The lowest BCUT2D eigenvalue weighted by Crippen LogP contribution is -2.49. The second-order valence-electron chi connectivity index (χ2n) is 8.13. The van der Waals surface area contributed by atoms with Crippen LogP contribution in [0.2, 0.25) is 0 Å². The van der Waals surface area contributed by atoms with E-state index in [1.165, 1.54) is 19.3 Å². The van der Waals surface area contributed by atoms with Crippen molar-refractivity contribution in [2.24, 2.45) is 0 Å². The lowest BCUT2D eigenvalue weighted by atomic mass is 10.1. The van der Waals surface area contributed by atoms with Crippen molar-refractivity contribution in [1.82, 2.24) is 14.3 Å². The second-order valence-corrected chi connectivity index (χ2v) is 10.0. The van der Waals surface area contributed by atoms with E-state index in [9.17, 15) is 8.42 Å². The Bertz CT molecular complexity index is 1160. The molecule has 2 aliphatic heterocycles. The smallest absolute Gasteiger partial charge is 0.243 e. The van der Waals surface area contributed by atoms with E-state index in [-0.39, 0.29) is 0 Å². The van der Waals surface area contributed by atoms with Gasteiger partial charge in [-0.2, -0.15) is 9.29 Å². The lowest BCUT2D eigenvalue weighted by Gasteiger charge is -2.35. The number of nitrogens with zero attached hydrogens (tertiary/aromatic N) is 5. The Morgan fingerprint density at radius 2 is 1.48 bits per heavy atom. The summed E-state index contributed by atoms with van der Waals surface area (Å²) in [4.78, 5) is 14.0. The number of hydrogen-bond acceptors (Lipinski definition) is 6. The van der Waals surface area contributed by atoms with Crippen LogP contribution in [0.4, 0.5) is 11.8 Å². The number of benzene rings is 2. The van der Waals surface area contributed by atoms with Crippen LogP contribution >= 0.6 is 0 Å². The molecule has 0 aliphatic carbocycles. The SMILES string of the molecule is O=S(=O)(c1cccc2ccccc12)N1CCN(c2ccnc(N3CCCCC3)n2)CC1. The van der Waals surface area contributed by atoms with Crippen LogP contribution in [0.3, 0.4) is 0 Å². The maximum Gasteiger partial charge on any atom is 0.243 e. The Morgan fingerprint density at radius 3 is 2.29 bits per heavy atom. The topological polar surface area (TPSA) is 69.6 Å². The monoisotopic (exact) mass is 437 g/mol. The maximum atomic E-state index is 13.4. The molecule has 3 heterocycles. The number of anilines is 2. The third-order valence-electron chi connectivity index (χ3n) is 6.20. The maximum absolute atomic E-state index is 13.4. The summed E-state index contributed by atoms with van der Waals surface area (Å²) in [7, 11) is -3.55. The number of rotatable bonds is 4. The van der Waals surface area contributed by atoms with Gasteiger partial charge in [0.1, 0.15) is 5.82 Å². The molecule has 31 heavy (non-hydrogen) atoms. The molecule has 0 spiro atoms. The first-order chi connectivity index (χ1) is 15.1. The van der Waals surface area contributed by atoms with Crippen molar-refractivity contribution in [2.75, 3.05) is 49.1 Å². The number of piperidine rings is 1. The van der Waals surface area contributed by atoms with E-state index >= 15 is 0 Å². The predicted octanol–water partition coefficient (Wildman–Crippen LogP) is 3.13. The number of hydrogen-bond donors (Lipinski definition) is 0. The van der Waals surface area contributed by atoms with Crippen LogP contribution in [0, 0.1) is 0 Å². The normalized spacial score (nSPS) is 18.5. The van der Waals surface area contributed by atoms with Crippen LogP contribution < -0.4 is 9.80 Å². The van der Waals surface area contributed by atoms with Gasteiger partial charge in [0.05, 0.1) is 4.90 Å². The van der Waals surface area contributed by atoms with Gasteiger partial charge in [0.2, 0.25) is 16.0 Å². The first-order valence-electron chi connectivity index (χ1n) is 10.9. The highest BCUT2D eigenvalue weighted by Crippen LogP contribution is 2.27. The molecule has 1 aromatic heterocycles. The van der Waals surface area contributed by atoms with Crippen molar-refractivity contribution in [1.29, 1.82) is 0 Å². The molecule has 2 aliphatic rings. The first-order valence-corrected chi connectivity index (χ1v) is 12.4. The molecule has 0 radical (unpaired) electrons. The Hall–Kier alpha value is -2.71. The van der Waals surface area contributed by atoms with E-state index in [1.54, 1.807) is 10.4 Å². The highest BCUT2D eigenvalue weighted by molar-refractivity contribution is 7.89. The van der Waals surface area contributed by atoms with E-state index in [0.717, 1.165) is 35.6 Å². The van der Waals surface area contributed by atoms with Crippen LogP contribution in [-0.4, -0.2) is 62.0 Å². The van der Waals surface area contributed by atoms with E-state index < -0.39 is 10.0 Å². The van der Waals surface area contributed by atoms with Crippen LogP contribution in [0.5, 0.6) is 0 Å². The number of sulfonamides is 1. The molecule has 7 nitrogen and oxygen atoms in total. The minimum Gasteiger partial charge on any atom is -0.354 e. The zero-order valence-corrected chi connectivity index (χ0v) is 18.3. The molecule has 5 rings (SSSR count). The zero-order chi connectivity index (χ0) is 21.3. The van der Waals surface area contributed by atoms with Crippen LogP contribution in [0.15, 0.2) is 59.6 Å². The summed E-state index contributed by atoms with van der Waals surface area (Å²) < 4.78 is 28.4. The van der Waals surface area contributed by atoms with Crippen molar-refractivity contribution in [3.8, 4) is 0 Å². The highest BCUT2D eigenvalue weighted by atomic mass is 32.2. The van der Waals surface area contributed by atoms with Gasteiger partial charge in [-0.15, -0.1) is 0 Å². The molecule has 2 fully saturated rings. The van der Waals surface area contributed by atoms with Crippen LogP contribution in [0.1, 0.15) is 19.3 Å². The molecule has 2 aromatic carbocycles. The molecule has 8 heteroatoms. The third kappa shape index (κ3) is 3.97. The Morgan fingerprint density at radius 1 is 0.742 bits per heavy atom. The molecular weight excluding hydrogens is 410 g/mol. The van der Waals surface area contributed by atoms with E-state index in [1.807, 2.05) is 48.7 Å². The summed E-state index contributed by atoms with van der Waals surface area (Å²) in [5, 5.41) is 1.71. The summed E-state index contributed by atoms with van der Waals surface area (Å²) in [5.41, 5.74) is 0. The van der Waals surface area contributed by atoms with E-state index in [0.29, 0.717) is 31.1 Å². The van der Waals surface area contributed by atoms with Crippen molar-refractivity contribution in [3.05, 3.63) is 54.7 Å². The van der Waals surface area contributed by atoms with Crippen LogP contribution in [-0.2, 0) is 10.0 Å². The van der Waals surface area contributed by atoms with E-state index in [4.69, 9.17) is 4.98 Å². The number of aromatic nitrogens is 2. The fourth-order valence-electron chi connectivity index (χ4n) is 4.48. The Balaban J connectivity index is 1.32. The van der Waals surface area contributed by atoms with Gasteiger partial charge in [0, 0.05) is 50.9 Å². The predicted molar refractivity (Wildman–Crippen MR) is 123 cm³/mol. The fourth-order valence-corrected chi connectivity index (χ4v) is 6.12. The standard InChI is InChI=1S/C23H27N5O2S/c29-31(30,21-10-6-8-19-7-2-3-9-20(19)21)28-17-15-26(16-18-28)22-11-12-24-23(25-22)27-13-4-1-5-14-27/h2-3,6-12H,1,4-5,13-18H2. The quantitative estimate of drug-likeness (QED) is 0.625. The van der Waals surface area contributed by atoms with Gasteiger partial charge in [-0.1, -0.05) is 36.4 Å². The zero-order valence-electron chi connectivity index (χ0n) is 17.5. The van der Waals surface area contributed by atoms with Gasteiger partial charge in [0.25, 0.3) is 0 Å². The molecule has 0 unspecified atom stereocenters. The number of piperazine rings is 1. The molecule has 162 valence electrons. The van der Waals surface area contributed by atoms with Gasteiger partial charge in [0.15, 0.2) is 0 Å². The molecule has 0 saturated carbocycles. The molecule has 3 aromatic rings. The summed E-state index contributed by atoms with van der Waals surface area (Å²) in [6.07, 6.45) is 5.44. The molecular formula is C23H27N5O2S. The van der Waals surface area contributed by atoms with Crippen LogP contribution in [0.25, 0.3) is 10.8 Å². The highest BCUT2D eigenvalue weighted by Gasteiger charge is 2.30. The van der Waals surface area contributed by atoms with Crippen molar-refractivity contribution in [2.45, 2.75) is 24.2 Å². The average Bonchev–Trinajstić information content (AvgIpc) is 2.84. The Labute approximate surface area is 183 Å². The van der Waals surface area contributed by atoms with Gasteiger partial charge >= 0.3 is 0 Å². The van der Waals surface area contributed by atoms with Crippen molar-refractivity contribution < 1.29 is 8.42 Å². The number of fused-ring (bicyclic) bond motifs is 1. The molecule has 0 atom stereocenters. The van der Waals surface area contributed by atoms with E-state index in [2.05, 4.69) is 14.8 Å². The minimum absolute atomic E-state index is 0.383. The summed E-state index contributed by atoms with van der Waals surface area (Å²) >= 11 is 0. The lowest BCUT2D eigenvalue weighted by molar-refractivity contribution is 0.384. The molecule has 0 amide bonds. The third-order valence-corrected chi connectivity index (χ3v) is 8.15.